The van der Waals surface area contributed by atoms with Gasteiger partial charge in [0.2, 0.25) is 0 Å². The number of benzene rings is 5. The molecule has 5 nitrogen and oxygen atoms in total. The monoisotopic (exact) mass is 358 g/mol. The first-order valence-corrected chi connectivity index (χ1v) is 8.31. The van der Waals surface area contributed by atoms with Crippen LogP contribution < -0.4 is 0 Å². The second kappa shape index (κ2) is 5.08. The first-order chi connectivity index (χ1) is 12.9. The van der Waals surface area contributed by atoms with Crippen molar-refractivity contribution in [2.24, 2.45) is 0 Å². The molecule has 0 aliphatic rings. The lowest BCUT2D eigenvalue weighted by Gasteiger charge is -2.11. The minimum atomic E-state index is -0.0713. The standard InChI is InChI=1S/C22H14O5/c23-14-4-12-2-10-1-11-3-13-5-15(24)7-21(26)17(13)9-19(11)22(27)18(10)8-16(12)20(25)6-14/h1-9,23-27H. The van der Waals surface area contributed by atoms with Gasteiger partial charge in [-0.3, -0.25) is 0 Å². The van der Waals surface area contributed by atoms with Crippen LogP contribution in [0.25, 0.3) is 43.1 Å². The van der Waals surface area contributed by atoms with E-state index < -0.39 is 0 Å². The van der Waals surface area contributed by atoms with E-state index in [1.807, 2.05) is 6.07 Å². The molecule has 0 radical (unpaired) electrons. The van der Waals surface area contributed by atoms with Crippen molar-refractivity contribution in [3.05, 3.63) is 54.6 Å². The van der Waals surface area contributed by atoms with E-state index >= 15 is 0 Å². The number of aromatic hydroxyl groups is 5. The first kappa shape index (κ1) is 15.4. The Balaban J connectivity index is 1.95. The van der Waals surface area contributed by atoms with Gasteiger partial charge in [0.15, 0.2) is 0 Å². The molecule has 0 heterocycles. The summed E-state index contributed by atoms with van der Waals surface area (Å²) in [6.45, 7) is 0. The largest absolute Gasteiger partial charge is 0.508 e. The maximum atomic E-state index is 10.9. The lowest BCUT2D eigenvalue weighted by atomic mass is 9.96. The Morgan fingerprint density at radius 1 is 0.370 bits per heavy atom. The van der Waals surface area contributed by atoms with Crippen LogP contribution >= 0.6 is 0 Å². The van der Waals surface area contributed by atoms with Gasteiger partial charge in [0.05, 0.1) is 0 Å². The van der Waals surface area contributed by atoms with E-state index in [2.05, 4.69) is 0 Å². The van der Waals surface area contributed by atoms with Gasteiger partial charge >= 0.3 is 0 Å². The fraction of sp³-hybridized carbons (Fsp3) is 0. The summed E-state index contributed by atoms with van der Waals surface area (Å²) in [5, 5.41) is 55.5. The highest BCUT2D eigenvalue weighted by Gasteiger charge is 2.13. The number of hydrogen-bond donors (Lipinski definition) is 5. The zero-order valence-electron chi connectivity index (χ0n) is 13.9. The van der Waals surface area contributed by atoms with E-state index in [1.54, 1.807) is 36.4 Å². The smallest absolute Gasteiger partial charge is 0.131 e. The van der Waals surface area contributed by atoms with E-state index in [-0.39, 0.29) is 28.7 Å². The van der Waals surface area contributed by atoms with Crippen molar-refractivity contribution in [1.29, 1.82) is 0 Å². The van der Waals surface area contributed by atoms with Crippen molar-refractivity contribution in [3.63, 3.8) is 0 Å². The summed E-state index contributed by atoms with van der Waals surface area (Å²) in [7, 11) is 0. The van der Waals surface area contributed by atoms with Gasteiger partial charge in [-0.05, 0) is 64.0 Å². The Bertz CT molecular complexity index is 1310. The summed E-state index contributed by atoms with van der Waals surface area (Å²) in [6, 6.07) is 14.4. The van der Waals surface area contributed by atoms with E-state index in [0.29, 0.717) is 32.3 Å². The zero-order chi connectivity index (χ0) is 18.9. The zero-order valence-corrected chi connectivity index (χ0v) is 13.9. The van der Waals surface area contributed by atoms with Gasteiger partial charge in [0.1, 0.15) is 28.7 Å². The van der Waals surface area contributed by atoms with Gasteiger partial charge in [-0.15, -0.1) is 0 Å². The summed E-state index contributed by atoms with van der Waals surface area (Å²) >= 11 is 0. The number of rotatable bonds is 0. The summed E-state index contributed by atoms with van der Waals surface area (Å²) < 4.78 is 0. The second-order valence-electron chi connectivity index (χ2n) is 6.74. The Kier molecular flexibility index (Phi) is 2.90. The van der Waals surface area contributed by atoms with Crippen molar-refractivity contribution in [1.82, 2.24) is 0 Å². The molecule has 0 aromatic heterocycles. The minimum Gasteiger partial charge on any atom is -0.508 e. The molecule has 0 aliphatic heterocycles. The summed E-state index contributed by atoms with van der Waals surface area (Å²) in [5.74, 6) is -0.190. The van der Waals surface area contributed by atoms with Crippen molar-refractivity contribution < 1.29 is 25.5 Å². The fourth-order valence-electron chi connectivity index (χ4n) is 3.75. The van der Waals surface area contributed by atoms with E-state index in [1.165, 1.54) is 12.1 Å². The molecule has 5 aromatic rings. The predicted molar refractivity (Wildman–Crippen MR) is 105 cm³/mol. The van der Waals surface area contributed by atoms with Crippen LogP contribution in [-0.4, -0.2) is 25.5 Å². The maximum Gasteiger partial charge on any atom is 0.131 e. The molecule has 0 unspecified atom stereocenters. The first-order valence-electron chi connectivity index (χ1n) is 8.31. The highest BCUT2D eigenvalue weighted by molar-refractivity contribution is 6.14. The van der Waals surface area contributed by atoms with Crippen LogP contribution in [0.5, 0.6) is 28.7 Å². The molecule has 0 spiro atoms. The molecule has 0 amide bonds. The molecule has 0 aliphatic carbocycles. The molecule has 132 valence electrons. The molecule has 0 saturated carbocycles. The minimum absolute atomic E-state index is 0.0336. The molecule has 0 saturated heterocycles. The van der Waals surface area contributed by atoms with E-state index in [4.69, 9.17) is 0 Å². The molecule has 0 bridgehead atoms. The van der Waals surface area contributed by atoms with Crippen molar-refractivity contribution >= 4 is 43.1 Å². The lowest BCUT2D eigenvalue weighted by Crippen LogP contribution is -1.83. The Morgan fingerprint density at radius 3 is 1.15 bits per heavy atom. The van der Waals surface area contributed by atoms with E-state index in [9.17, 15) is 25.5 Å². The number of hydrogen-bond acceptors (Lipinski definition) is 5. The second-order valence-corrected chi connectivity index (χ2v) is 6.74. The third-order valence-electron chi connectivity index (χ3n) is 4.99. The van der Waals surface area contributed by atoms with Gasteiger partial charge in [-0.1, -0.05) is 0 Å². The maximum absolute atomic E-state index is 10.9. The lowest BCUT2D eigenvalue weighted by molar-refractivity contribution is 0.454. The summed E-state index contributed by atoms with van der Waals surface area (Å²) in [4.78, 5) is 0. The molecular formula is C22H14O5. The molecule has 5 aromatic carbocycles. The molecule has 5 N–H and O–H groups in total. The van der Waals surface area contributed by atoms with Gasteiger partial charge in [0, 0.05) is 33.7 Å². The van der Waals surface area contributed by atoms with Crippen LogP contribution in [0.1, 0.15) is 0 Å². The molecule has 5 heteroatoms. The van der Waals surface area contributed by atoms with Crippen LogP contribution in [-0.2, 0) is 0 Å². The summed E-state index contributed by atoms with van der Waals surface area (Å²) in [6.07, 6.45) is 0. The molecule has 5 rings (SSSR count). The van der Waals surface area contributed by atoms with E-state index in [0.717, 1.165) is 10.8 Å². The Morgan fingerprint density at radius 2 is 0.741 bits per heavy atom. The Labute approximate surface area is 152 Å². The number of phenolic OH excluding ortho intramolecular Hbond substituents is 5. The third kappa shape index (κ3) is 2.18. The molecule has 0 fully saturated rings. The average Bonchev–Trinajstić information content (AvgIpc) is 2.59. The topological polar surface area (TPSA) is 101 Å². The predicted octanol–water partition coefficient (Wildman–Crippen LogP) is 4.83. The molecule has 27 heavy (non-hydrogen) atoms. The quantitative estimate of drug-likeness (QED) is 0.255. The van der Waals surface area contributed by atoms with Crippen molar-refractivity contribution in [3.8, 4) is 28.7 Å². The van der Waals surface area contributed by atoms with Crippen molar-refractivity contribution in [2.45, 2.75) is 0 Å². The van der Waals surface area contributed by atoms with Gasteiger partial charge < -0.3 is 25.5 Å². The molecule has 0 atom stereocenters. The van der Waals surface area contributed by atoms with Gasteiger partial charge in [-0.2, -0.15) is 0 Å². The normalized spacial score (nSPS) is 11.7. The fourth-order valence-corrected chi connectivity index (χ4v) is 3.75. The number of phenols is 5. The van der Waals surface area contributed by atoms with Crippen LogP contribution in [0.3, 0.4) is 0 Å². The van der Waals surface area contributed by atoms with Crippen LogP contribution in [0.15, 0.2) is 54.6 Å². The van der Waals surface area contributed by atoms with Crippen LogP contribution in [0.2, 0.25) is 0 Å². The molecular weight excluding hydrogens is 344 g/mol. The Hall–Kier alpha value is -3.86. The van der Waals surface area contributed by atoms with Gasteiger partial charge in [-0.25, -0.2) is 0 Å². The third-order valence-corrected chi connectivity index (χ3v) is 4.99. The SMILES string of the molecule is Oc1cc(O)c2cc3c(O)c4cc5c(O)cc(O)cc5cc4cc3cc2c1. The summed E-state index contributed by atoms with van der Waals surface area (Å²) in [5.41, 5.74) is 0. The highest BCUT2D eigenvalue weighted by Crippen LogP contribution is 2.42. The number of fused-ring (bicyclic) bond motifs is 4. The van der Waals surface area contributed by atoms with Crippen LogP contribution in [0.4, 0.5) is 0 Å². The van der Waals surface area contributed by atoms with Crippen LogP contribution in [0, 0.1) is 0 Å². The average molecular weight is 358 g/mol. The highest BCUT2D eigenvalue weighted by atomic mass is 16.3. The van der Waals surface area contributed by atoms with Gasteiger partial charge in [0.25, 0.3) is 0 Å². The van der Waals surface area contributed by atoms with Crippen molar-refractivity contribution in [2.75, 3.05) is 0 Å².